The van der Waals surface area contributed by atoms with E-state index < -0.39 is 36.8 Å². The Morgan fingerprint density at radius 3 is 2.40 bits per heavy atom. The Morgan fingerprint density at radius 1 is 1.03 bits per heavy atom. The van der Waals surface area contributed by atoms with Gasteiger partial charge in [-0.1, -0.05) is 6.07 Å². The SMILES string of the molecule is CCOC(=O)c1c(C)[nH]c(C)c1C(=O)COC(=O)CNC(=O)c1cccc(OC)c1. The van der Waals surface area contributed by atoms with Crippen LogP contribution >= 0.6 is 0 Å². The fourth-order valence-electron chi connectivity index (χ4n) is 2.88. The van der Waals surface area contributed by atoms with Gasteiger partial charge in [-0.2, -0.15) is 0 Å². The molecule has 2 N–H and O–H groups in total. The minimum atomic E-state index is -0.790. The van der Waals surface area contributed by atoms with Crippen LogP contribution in [0, 0.1) is 13.8 Å². The van der Waals surface area contributed by atoms with Crippen LogP contribution in [-0.4, -0.2) is 55.5 Å². The van der Waals surface area contributed by atoms with E-state index >= 15 is 0 Å². The molecule has 0 spiro atoms. The van der Waals surface area contributed by atoms with Gasteiger partial charge in [-0.3, -0.25) is 14.4 Å². The molecule has 2 rings (SSSR count). The maximum absolute atomic E-state index is 12.5. The summed E-state index contributed by atoms with van der Waals surface area (Å²) in [7, 11) is 1.48. The lowest BCUT2D eigenvalue weighted by molar-refractivity contribution is -0.141. The van der Waals surface area contributed by atoms with E-state index in [1.165, 1.54) is 13.2 Å². The number of H-pyrrole nitrogens is 1. The van der Waals surface area contributed by atoms with Gasteiger partial charge in [0.15, 0.2) is 6.61 Å². The number of nitrogens with one attached hydrogen (secondary N) is 2. The summed E-state index contributed by atoms with van der Waals surface area (Å²) >= 11 is 0. The van der Waals surface area contributed by atoms with Crippen LogP contribution in [0.3, 0.4) is 0 Å². The normalized spacial score (nSPS) is 10.3. The Bertz CT molecular complexity index is 962. The van der Waals surface area contributed by atoms with Crippen LogP contribution < -0.4 is 10.1 Å². The zero-order valence-electron chi connectivity index (χ0n) is 17.3. The first-order valence-electron chi connectivity index (χ1n) is 9.25. The monoisotopic (exact) mass is 416 g/mol. The average molecular weight is 416 g/mol. The highest BCUT2D eigenvalue weighted by molar-refractivity contribution is 6.09. The molecular formula is C21H24N2O7. The summed E-state index contributed by atoms with van der Waals surface area (Å²) in [6.45, 7) is 4.13. The maximum Gasteiger partial charge on any atom is 0.340 e. The number of rotatable bonds is 9. The first-order valence-corrected chi connectivity index (χ1v) is 9.25. The molecule has 0 unspecified atom stereocenters. The van der Waals surface area contributed by atoms with Crippen LogP contribution in [0.15, 0.2) is 24.3 Å². The highest BCUT2D eigenvalue weighted by atomic mass is 16.5. The van der Waals surface area contributed by atoms with Gasteiger partial charge in [0.25, 0.3) is 5.91 Å². The number of esters is 2. The number of methoxy groups -OCH3 is 1. The quantitative estimate of drug-likeness (QED) is 0.473. The van der Waals surface area contributed by atoms with Crippen LogP contribution in [0.25, 0.3) is 0 Å². The lowest BCUT2D eigenvalue weighted by Gasteiger charge is -2.08. The van der Waals surface area contributed by atoms with Gasteiger partial charge in [0.05, 0.1) is 24.8 Å². The zero-order valence-corrected chi connectivity index (χ0v) is 17.3. The van der Waals surface area contributed by atoms with Gasteiger partial charge < -0.3 is 24.5 Å². The molecule has 1 aromatic heterocycles. The Morgan fingerprint density at radius 2 is 1.73 bits per heavy atom. The largest absolute Gasteiger partial charge is 0.497 e. The van der Waals surface area contributed by atoms with Crippen LogP contribution in [0.4, 0.5) is 0 Å². The topological polar surface area (TPSA) is 124 Å². The number of hydrogen-bond donors (Lipinski definition) is 2. The molecule has 0 aliphatic heterocycles. The summed E-state index contributed by atoms with van der Waals surface area (Å²) in [5, 5.41) is 2.41. The van der Waals surface area contributed by atoms with Crippen molar-refractivity contribution in [3.8, 4) is 5.75 Å². The van der Waals surface area contributed by atoms with E-state index in [1.807, 2.05) is 0 Å². The van der Waals surface area contributed by atoms with Gasteiger partial charge in [0, 0.05) is 17.0 Å². The zero-order chi connectivity index (χ0) is 22.3. The van der Waals surface area contributed by atoms with Crippen molar-refractivity contribution in [3.63, 3.8) is 0 Å². The predicted molar refractivity (Wildman–Crippen MR) is 107 cm³/mol. The Balaban J connectivity index is 1.94. The smallest absolute Gasteiger partial charge is 0.340 e. The number of aromatic amines is 1. The van der Waals surface area contributed by atoms with Gasteiger partial charge in [-0.25, -0.2) is 4.79 Å². The number of ether oxygens (including phenoxy) is 3. The second-order valence-electron chi connectivity index (χ2n) is 6.34. The Kier molecular flexibility index (Phi) is 7.74. The molecule has 1 aromatic carbocycles. The van der Waals surface area contributed by atoms with E-state index in [4.69, 9.17) is 14.2 Å². The molecule has 0 bridgehead atoms. The molecule has 9 heteroatoms. The standard InChI is InChI=1S/C21H24N2O7/c1-5-29-21(27)19-13(3)23-12(2)18(19)16(24)11-30-17(25)10-22-20(26)14-7-6-8-15(9-14)28-4/h6-9,23H,5,10-11H2,1-4H3,(H,22,26). The van der Waals surface area contributed by atoms with Crippen molar-refractivity contribution in [2.75, 3.05) is 26.9 Å². The molecule has 0 atom stereocenters. The lowest BCUT2D eigenvalue weighted by atomic mass is 10.1. The van der Waals surface area contributed by atoms with Crippen LogP contribution in [-0.2, 0) is 14.3 Å². The molecule has 1 amide bonds. The number of ketones is 1. The second kappa shape index (κ2) is 10.2. The molecule has 1 heterocycles. The van der Waals surface area contributed by atoms with Crippen molar-refractivity contribution in [2.24, 2.45) is 0 Å². The fourth-order valence-corrected chi connectivity index (χ4v) is 2.88. The summed E-state index contributed by atoms with van der Waals surface area (Å²) in [4.78, 5) is 51.6. The van der Waals surface area contributed by atoms with Gasteiger partial charge >= 0.3 is 11.9 Å². The molecule has 0 fully saturated rings. The maximum atomic E-state index is 12.5. The number of amides is 1. The van der Waals surface area contributed by atoms with Crippen LogP contribution in [0.5, 0.6) is 5.75 Å². The fraction of sp³-hybridized carbons (Fsp3) is 0.333. The van der Waals surface area contributed by atoms with E-state index in [1.54, 1.807) is 39.0 Å². The molecule has 0 aliphatic carbocycles. The molecule has 9 nitrogen and oxygen atoms in total. The summed E-state index contributed by atoms with van der Waals surface area (Å²) in [5.74, 6) is -1.95. The number of aryl methyl sites for hydroxylation is 2. The molecule has 0 saturated carbocycles. The van der Waals surface area contributed by atoms with Gasteiger partial charge in [-0.15, -0.1) is 0 Å². The summed E-state index contributed by atoms with van der Waals surface area (Å²) in [5.41, 5.74) is 1.53. The number of benzene rings is 1. The number of carbonyl (C=O) groups excluding carboxylic acids is 4. The minimum absolute atomic E-state index is 0.124. The van der Waals surface area contributed by atoms with Crippen molar-refractivity contribution >= 4 is 23.6 Å². The van der Waals surface area contributed by atoms with Gasteiger partial charge in [0.2, 0.25) is 5.78 Å². The Labute approximate surface area is 173 Å². The highest BCUT2D eigenvalue weighted by Crippen LogP contribution is 2.20. The minimum Gasteiger partial charge on any atom is -0.497 e. The number of Topliss-reactive ketones (excluding diaryl/α,β-unsaturated/α-hetero) is 1. The van der Waals surface area contributed by atoms with Gasteiger partial charge in [-0.05, 0) is 39.0 Å². The van der Waals surface area contributed by atoms with Crippen LogP contribution in [0.2, 0.25) is 0 Å². The number of carbonyl (C=O) groups is 4. The second-order valence-corrected chi connectivity index (χ2v) is 6.34. The third-order valence-corrected chi connectivity index (χ3v) is 4.22. The molecule has 2 aromatic rings. The highest BCUT2D eigenvalue weighted by Gasteiger charge is 2.26. The average Bonchev–Trinajstić information content (AvgIpc) is 3.04. The summed E-state index contributed by atoms with van der Waals surface area (Å²) in [6.07, 6.45) is 0. The molecule has 0 saturated heterocycles. The Hall–Kier alpha value is -3.62. The van der Waals surface area contributed by atoms with E-state index in [0.29, 0.717) is 22.7 Å². The van der Waals surface area contributed by atoms with E-state index in [-0.39, 0.29) is 17.7 Å². The van der Waals surface area contributed by atoms with Crippen molar-refractivity contribution in [3.05, 3.63) is 52.3 Å². The molecule has 30 heavy (non-hydrogen) atoms. The van der Waals surface area contributed by atoms with Crippen molar-refractivity contribution < 1.29 is 33.4 Å². The van der Waals surface area contributed by atoms with Crippen LogP contribution in [0.1, 0.15) is 49.4 Å². The lowest BCUT2D eigenvalue weighted by Crippen LogP contribution is -2.31. The molecule has 0 aliphatic rings. The number of hydrogen-bond acceptors (Lipinski definition) is 7. The molecule has 160 valence electrons. The summed E-state index contributed by atoms with van der Waals surface area (Å²) < 4.78 is 15.0. The van der Waals surface area contributed by atoms with Crippen molar-refractivity contribution in [1.29, 1.82) is 0 Å². The third kappa shape index (κ3) is 5.47. The van der Waals surface area contributed by atoms with E-state index in [0.717, 1.165) is 0 Å². The van der Waals surface area contributed by atoms with Crippen molar-refractivity contribution in [1.82, 2.24) is 10.3 Å². The number of aromatic nitrogens is 1. The van der Waals surface area contributed by atoms with E-state index in [9.17, 15) is 19.2 Å². The first-order chi connectivity index (χ1) is 14.3. The predicted octanol–water partition coefficient (Wildman–Crippen LogP) is 1.97. The molecule has 0 radical (unpaired) electrons. The van der Waals surface area contributed by atoms with Gasteiger partial charge in [0.1, 0.15) is 12.3 Å². The van der Waals surface area contributed by atoms with E-state index in [2.05, 4.69) is 10.3 Å². The summed E-state index contributed by atoms with van der Waals surface area (Å²) in [6, 6.07) is 6.43. The third-order valence-electron chi connectivity index (χ3n) is 4.22. The first kappa shape index (κ1) is 22.7. The molecular weight excluding hydrogens is 392 g/mol. The van der Waals surface area contributed by atoms with Crippen molar-refractivity contribution in [2.45, 2.75) is 20.8 Å².